The van der Waals surface area contributed by atoms with Gasteiger partial charge in [-0.1, -0.05) is 12.1 Å². The Morgan fingerprint density at radius 2 is 1.27 bits per heavy atom. The van der Waals surface area contributed by atoms with Crippen LogP contribution in [0.1, 0.15) is 48.9 Å². The second-order valence-electron chi connectivity index (χ2n) is 8.74. The molecular weight excluding hydrogens is 320 g/mol. The molecule has 2 saturated heterocycles. The van der Waals surface area contributed by atoms with Gasteiger partial charge in [-0.3, -0.25) is 9.97 Å². The van der Waals surface area contributed by atoms with Gasteiger partial charge in [0.25, 0.3) is 0 Å². The van der Waals surface area contributed by atoms with E-state index in [4.69, 9.17) is 0 Å². The molecule has 4 heteroatoms. The van der Waals surface area contributed by atoms with E-state index in [1.54, 1.807) is 0 Å². The standard InChI is InChI=1S/C22H32N4/c1-25(13-5-9-21(25)19-7-3-11-23-17-19)15-16-26(2)14-6-10-22(26)20-8-4-12-24-18-20/h3-4,7-8,11-12,17-18,21-22H,5-6,9-10,13-16H2,1-2H3/q+2/t21-,22-,25+,26+/m1/s1. The SMILES string of the molecule is C[N@@+]1(CC[N@+]2(C)CCC[C@@H]2c2cccnc2)CCC[C@@H]1c1cccnc1. The largest absolute Gasteiger partial charge is 0.315 e. The van der Waals surface area contributed by atoms with Gasteiger partial charge in [-0.05, 0) is 12.1 Å². The van der Waals surface area contributed by atoms with Crippen LogP contribution in [0.25, 0.3) is 0 Å². The van der Waals surface area contributed by atoms with Crippen molar-refractivity contribution in [2.75, 3.05) is 40.3 Å². The van der Waals surface area contributed by atoms with Crippen LogP contribution >= 0.6 is 0 Å². The highest BCUT2D eigenvalue weighted by atomic mass is 15.4. The molecule has 2 fully saturated rings. The summed E-state index contributed by atoms with van der Waals surface area (Å²) in [7, 11) is 4.93. The lowest BCUT2D eigenvalue weighted by Crippen LogP contribution is -2.53. The first kappa shape index (κ1) is 17.6. The minimum atomic E-state index is 0.606. The Balaban J connectivity index is 1.50. The molecule has 0 unspecified atom stereocenters. The van der Waals surface area contributed by atoms with Crippen LogP contribution in [0.2, 0.25) is 0 Å². The number of nitrogens with zero attached hydrogens (tertiary/aromatic N) is 4. The molecule has 0 aromatic carbocycles. The monoisotopic (exact) mass is 352 g/mol. The maximum atomic E-state index is 4.38. The number of rotatable bonds is 5. The molecule has 2 aromatic rings. The highest BCUT2D eigenvalue weighted by Crippen LogP contribution is 2.40. The highest BCUT2D eigenvalue weighted by molar-refractivity contribution is 5.14. The van der Waals surface area contributed by atoms with Crippen molar-refractivity contribution < 1.29 is 8.97 Å². The lowest BCUT2D eigenvalue weighted by Gasteiger charge is -2.42. The number of likely N-dealkylation sites (N-methyl/N-ethyl adjacent to an activating group) is 2. The van der Waals surface area contributed by atoms with Crippen LogP contribution in [0.15, 0.2) is 49.1 Å². The molecule has 2 aromatic heterocycles. The van der Waals surface area contributed by atoms with E-state index in [0.29, 0.717) is 12.1 Å². The van der Waals surface area contributed by atoms with E-state index < -0.39 is 0 Å². The van der Waals surface area contributed by atoms with Gasteiger partial charge in [-0.2, -0.15) is 0 Å². The number of aromatic nitrogens is 2. The quantitative estimate of drug-likeness (QED) is 0.766. The maximum Gasteiger partial charge on any atom is 0.129 e. The average Bonchev–Trinajstić information content (AvgIpc) is 3.25. The number of pyridine rings is 2. The molecule has 0 saturated carbocycles. The van der Waals surface area contributed by atoms with Gasteiger partial charge in [0.05, 0.1) is 27.2 Å². The first-order valence-corrected chi connectivity index (χ1v) is 10.1. The summed E-state index contributed by atoms with van der Waals surface area (Å²) in [5.74, 6) is 0. The highest BCUT2D eigenvalue weighted by Gasteiger charge is 2.44. The third kappa shape index (κ3) is 3.28. The van der Waals surface area contributed by atoms with Crippen molar-refractivity contribution in [3.05, 3.63) is 60.2 Å². The molecule has 2 aliphatic heterocycles. The third-order valence-electron chi connectivity index (χ3n) is 7.06. The van der Waals surface area contributed by atoms with E-state index in [2.05, 4.69) is 60.7 Å². The van der Waals surface area contributed by atoms with Crippen molar-refractivity contribution in [2.45, 2.75) is 37.8 Å². The Morgan fingerprint density at radius 1 is 0.808 bits per heavy atom. The van der Waals surface area contributed by atoms with E-state index in [9.17, 15) is 0 Å². The fourth-order valence-electron chi connectivity index (χ4n) is 5.42. The fraction of sp³-hybridized carbons (Fsp3) is 0.545. The molecule has 4 rings (SSSR count). The molecule has 4 heterocycles. The van der Waals surface area contributed by atoms with Crippen LogP contribution in [0, 0.1) is 0 Å². The Morgan fingerprint density at radius 3 is 1.65 bits per heavy atom. The molecule has 0 N–H and O–H groups in total. The molecule has 0 bridgehead atoms. The Kier molecular flexibility index (Phi) is 4.80. The van der Waals surface area contributed by atoms with E-state index in [1.165, 1.54) is 72.0 Å². The number of likely N-dealkylation sites (tertiary alicyclic amines) is 2. The zero-order chi connectivity index (χ0) is 18.0. The predicted octanol–water partition coefficient (Wildman–Crippen LogP) is 3.74. The Bertz CT molecular complexity index is 656. The molecule has 0 spiro atoms. The number of hydrogen-bond acceptors (Lipinski definition) is 2. The van der Waals surface area contributed by atoms with E-state index in [1.807, 2.05) is 12.4 Å². The molecule has 4 nitrogen and oxygen atoms in total. The topological polar surface area (TPSA) is 25.8 Å². The van der Waals surface area contributed by atoms with Gasteiger partial charge in [0, 0.05) is 61.6 Å². The lowest BCUT2D eigenvalue weighted by atomic mass is 10.0. The van der Waals surface area contributed by atoms with Gasteiger partial charge in [-0.15, -0.1) is 0 Å². The van der Waals surface area contributed by atoms with Crippen molar-refractivity contribution in [1.82, 2.24) is 9.97 Å². The van der Waals surface area contributed by atoms with Gasteiger partial charge in [0.2, 0.25) is 0 Å². The zero-order valence-corrected chi connectivity index (χ0v) is 16.2. The summed E-state index contributed by atoms with van der Waals surface area (Å²) in [6.45, 7) is 5.06. The zero-order valence-electron chi connectivity index (χ0n) is 16.2. The summed E-state index contributed by atoms with van der Waals surface area (Å²) < 4.78 is 2.33. The van der Waals surface area contributed by atoms with E-state index >= 15 is 0 Å². The minimum Gasteiger partial charge on any atom is -0.315 e. The molecule has 0 radical (unpaired) electrons. The molecule has 4 atom stereocenters. The van der Waals surface area contributed by atoms with Gasteiger partial charge in [-0.25, -0.2) is 0 Å². The first-order valence-electron chi connectivity index (χ1n) is 10.1. The number of hydrogen-bond donors (Lipinski definition) is 0. The summed E-state index contributed by atoms with van der Waals surface area (Å²) in [6, 6.07) is 9.92. The van der Waals surface area contributed by atoms with E-state index in [-0.39, 0.29) is 0 Å². The molecule has 26 heavy (non-hydrogen) atoms. The predicted molar refractivity (Wildman–Crippen MR) is 104 cm³/mol. The average molecular weight is 353 g/mol. The van der Waals surface area contributed by atoms with Crippen LogP contribution in [0.3, 0.4) is 0 Å². The summed E-state index contributed by atoms with van der Waals surface area (Å²) in [5.41, 5.74) is 2.83. The van der Waals surface area contributed by atoms with Crippen molar-refractivity contribution in [2.24, 2.45) is 0 Å². The summed E-state index contributed by atoms with van der Waals surface area (Å²) in [5, 5.41) is 0. The molecule has 0 aliphatic carbocycles. The van der Waals surface area contributed by atoms with Crippen LogP contribution < -0.4 is 0 Å². The van der Waals surface area contributed by atoms with Crippen LogP contribution in [-0.2, 0) is 0 Å². The molecule has 2 aliphatic rings. The number of quaternary nitrogens is 2. The minimum absolute atomic E-state index is 0.606. The first-order chi connectivity index (χ1) is 12.6. The molecule has 0 amide bonds. The third-order valence-corrected chi connectivity index (χ3v) is 7.06. The van der Waals surface area contributed by atoms with Crippen molar-refractivity contribution >= 4 is 0 Å². The van der Waals surface area contributed by atoms with Gasteiger partial charge in [0.1, 0.15) is 25.2 Å². The van der Waals surface area contributed by atoms with E-state index in [0.717, 1.165) is 0 Å². The van der Waals surface area contributed by atoms with Crippen LogP contribution in [-0.4, -0.2) is 59.2 Å². The van der Waals surface area contributed by atoms with Gasteiger partial charge in [0.15, 0.2) is 0 Å². The lowest BCUT2D eigenvalue weighted by molar-refractivity contribution is -0.980. The fourth-order valence-corrected chi connectivity index (χ4v) is 5.42. The van der Waals surface area contributed by atoms with Gasteiger partial charge >= 0.3 is 0 Å². The van der Waals surface area contributed by atoms with Crippen molar-refractivity contribution in [1.29, 1.82) is 0 Å². The van der Waals surface area contributed by atoms with Crippen molar-refractivity contribution in [3.8, 4) is 0 Å². The van der Waals surface area contributed by atoms with Gasteiger partial charge < -0.3 is 8.97 Å². The van der Waals surface area contributed by atoms with Crippen LogP contribution in [0.5, 0.6) is 0 Å². The summed E-state index contributed by atoms with van der Waals surface area (Å²) >= 11 is 0. The summed E-state index contributed by atoms with van der Waals surface area (Å²) in [6.07, 6.45) is 13.2. The summed E-state index contributed by atoms with van der Waals surface area (Å²) in [4.78, 5) is 8.75. The second kappa shape index (κ2) is 7.09. The Hall–Kier alpha value is -1.78. The maximum absolute atomic E-state index is 4.38. The van der Waals surface area contributed by atoms with Crippen molar-refractivity contribution in [3.63, 3.8) is 0 Å². The molecular formula is C22H32N4+2. The Labute approximate surface area is 157 Å². The normalized spacial score (nSPS) is 34.2. The second-order valence-corrected chi connectivity index (χ2v) is 8.74. The molecule has 138 valence electrons. The smallest absolute Gasteiger partial charge is 0.129 e. The van der Waals surface area contributed by atoms with Crippen LogP contribution in [0.4, 0.5) is 0 Å².